The van der Waals surface area contributed by atoms with E-state index >= 15 is 0 Å². The van der Waals surface area contributed by atoms with E-state index in [9.17, 15) is 0 Å². The van der Waals surface area contributed by atoms with Crippen LogP contribution in [0.15, 0.2) is 53.7 Å². The lowest BCUT2D eigenvalue weighted by Crippen LogP contribution is -2.44. The average molecular weight is 400 g/mol. The van der Waals surface area contributed by atoms with Gasteiger partial charge in [0, 0.05) is 40.3 Å². The molecule has 0 atom stereocenters. The molecule has 1 saturated heterocycles. The Kier molecular flexibility index (Phi) is 3.89. The molecule has 2 aliphatic heterocycles. The summed E-state index contributed by atoms with van der Waals surface area (Å²) in [5, 5.41) is 4.44. The number of H-pyrrole nitrogens is 1. The van der Waals surface area contributed by atoms with Crippen LogP contribution < -0.4 is 5.32 Å². The molecule has 0 amide bonds. The van der Waals surface area contributed by atoms with Crippen LogP contribution in [0.4, 0.5) is 0 Å². The second kappa shape index (κ2) is 6.61. The fourth-order valence-electron chi connectivity index (χ4n) is 4.57. The maximum absolute atomic E-state index is 4.77. The van der Waals surface area contributed by atoms with Crippen molar-refractivity contribution in [3.63, 3.8) is 0 Å². The highest BCUT2D eigenvalue weighted by atomic mass is 32.1. The van der Waals surface area contributed by atoms with Gasteiger partial charge in [-0.25, -0.2) is 4.98 Å². The highest BCUT2D eigenvalue weighted by molar-refractivity contribution is 7.21. The number of rotatable bonds is 2. The minimum Gasteiger partial charge on any atom is -0.357 e. The van der Waals surface area contributed by atoms with Gasteiger partial charge < -0.3 is 10.3 Å². The Balaban J connectivity index is 1.41. The van der Waals surface area contributed by atoms with Crippen molar-refractivity contribution in [2.24, 2.45) is 4.99 Å². The van der Waals surface area contributed by atoms with Gasteiger partial charge in [-0.2, -0.15) is 0 Å². The molecular weight excluding hydrogens is 378 g/mol. The molecule has 6 heteroatoms. The molecular formula is C23H21N5S. The van der Waals surface area contributed by atoms with Crippen LogP contribution in [0.5, 0.6) is 0 Å². The van der Waals surface area contributed by atoms with Gasteiger partial charge in [0.15, 0.2) is 0 Å². The second-order valence-electron chi connectivity index (χ2n) is 7.93. The number of thiazole rings is 1. The maximum Gasteiger partial charge on any atom is 0.143 e. The first-order valence-electron chi connectivity index (χ1n) is 10.1. The zero-order chi connectivity index (χ0) is 19.3. The van der Waals surface area contributed by atoms with Crippen molar-refractivity contribution >= 4 is 27.8 Å². The molecule has 2 aliphatic rings. The second-order valence-corrected chi connectivity index (χ2v) is 8.96. The summed E-state index contributed by atoms with van der Waals surface area (Å²) in [6.07, 6.45) is 6.17. The zero-order valence-corrected chi connectivity index (χ0v) is 16.8. The van der Waals surface area contributed by atoms with Crippen LogP contribution in [0.2, 0.25) is 0 Å². The zero-order valence-electron chi connectivity index (χ0n) is 16.0. The quantitative estimate of drug-likeness (QED) is 0.525. The Morgan fingerprint density at radius 2 is 1.93 bits per heavy atom. The number of aliphatic imine (C=N–C) groups is 1. The van der Waals surface area contributed by atoms with Gasteiger partial charge in [0.2, 0.25) is 0 Å². The van der Waals surface area contributed by atoms with Gasteiger partial charge in [-0.3, -0.25) is 9.98 Å². The number of pyridine rings is 1. The molecule has 5 nitrogen and oxygen atoms in total. The van der Waals surface area contributed by atoms with Crippen molar-refractivity contribution in [3.8, 4) is 22.0 Å². The van der Waals surface area contributed by atoms with Crippen LogP contribution in [-0.4, -0.2) is 40.8 Å². The molecule has 1 aromatic carbocycles. The third kappa shape index (κ3) is 2.82. The molecule has 0 aliphatic carbocycles. The first-order valence-corrected chi connectivity index (χ1v) is 10.9. The van der Waals surface area contributed by atoms with Crippen LogP contribution in [0, 0.1) is 0 Å². The lowest BCUT2D eigenvalue weighted by molar-refractivity contribution is 0.307. The predicted octanol–water partition coefficient (Wildman–Crippen LogP) is 4.41. The number of hydrogen-bond acceptors (Lipinski definition) is 5. The Morgan fingerprint density at radius 3 is 2.83 bits per heavy atom. The number of fused-ring (bicyclic) bond motifs is 3. The Hall–Kier alpha value is -2.83. The van der Waals surface area contributed by atoms with E-state index in [2.05, 4.69) is 51.7 Å². The van der Waals surface area contributed by atoms with Crippen LogP contribution in [-0.2, 0) is 5.41 Å². The third-order valence-corrected chi connectivity index (χ3v) is 7.21. The predicted molar refractivity (Wildman–Crippen MR) is 119 cm³/mol. The molecule has 1 spiro atoms. The van der Waals surface area contributed by atoms with Crippen LogP contribution in [0.1, 0.15) is 24.1 Å². The SMILES string of the molecule is C1=NCC2(CCNCC2)c2[nH]c(-c3ccnc(-c4nc5ccccc5s4)c3)cc21. The number of aromatic nitrogens is 3. The van der Waals surface area contributed by atoms with E-state index in [1.54, 1.807) is 11.3 Å². The van der Waals surface area contributed by atoms with E-state index in [-0.39, 0.29) is 5.41 Å². The molecule has 144 valence electrons. The van der Waals surface area contributed by atoms with Crippen molar-refractivity contribution in [3.05, 3.63) is 59.9 Å². The highest BCUT2D eigenvalue weighted by Crippen LogP contribution is 2.39. The fraction of sp³-hybridized carbons (Fsp3) is 0.261. The molecule has 5 heterocycles. The van der Waals surface area contributed by atoms with Crippen LogP contribution in [0.25, 0.3) is 32.2 Å². The minimum absolute atomic E-state index is 0.149. The summed E-state index contributed by atoms with van der Waals surface area (Å²) in [5.74, 6) is 0. The number of piperidine rings is 1. The van der Waals surface area contributed by atoms with E-state index in [0.717, 1.165) is 60.0 Å². The number of para-hydroxylation sites is 1. The Labute approximate surface area is 173 Å². The van der Waals surface area contributed by atoms with E-state index in [0.29, 0.717) is 0 Å². The normalized spacial score (nSPS) is 17.7. The molecule has 0 saturated carbocycles. The summed E-state index contributed by atoms with van der Waals surface area (Å²) in [6, 6.07) is 14.7. The van der Waals surface area contributed by atoms with Crippen LogP contribution >= 0.6 is 11.3 Å². The van der Waals surface area contributed by atoms with E-state index in [4.69, 9.17) is 9.98 Å². The molecule has 0 radical (unpaired) electrons. The fourth-order valence-corrected chi connectivity index (χ4v) is 5.51. The topological polar surface area (TPSA) is 66.0 Å². The van der Waals surface area contributed by atoms with E-state index in [1.165, 1.54) is 16.0 Å². The van der Waals surface area contributed by atoms with Gasteiger partial charge in [0.25, 0.3) is 0 Å². The number of nitrogens with zero attached hydrogens (tertiary/aromatic N) is 3. The van der Waals surface area contributed by atoms with Gasteiger partial charge in [0.05, 0.1) is 22.5 Å². The monoisotopic (exact) mass is 399 g/mol. The number of hydrogen-bond donors (Lipinski definition) is 2. The summed E-state index contributed by atoms with van der Waals surface area (Å²) >= 11 is 1.69. The van der Waals surface area contributed by atoms with Crippen molar-refractivity contribution in [2.45, 2.75) is 18.3 Å². The van der Waals surface area contributed by atoms with Crippen molar-refractivity contribution in [2.75, 3.05) is 19.6 Å². The van der Waals surface area contributed by atoms with Crippen molar-refractivity contribution < 1.29 is 0 Å². The number of nitrogens with one attached hydrogen (secondary N) is 2. The maximum atomic E-state index is 4.77. The van der Waals surface area contributed by atoms with Crippen molar-refractivity contribution in [1.29, 1.82) is 0 Å². The van der Waals surface area contributed by atoms with Gasteiger partial charge in [-0.1, -0.05) is 12.1 Å². The lowest BCUT2D eigenvalue weighted by atomic mass is 9.74. The molecule has 0 bridgehead atoms. The first kappa shape index (κ1) is 17.1. The largest absolute Gasteiger partial charge is 0.357 e. The minimum atomic E-state index is 0.149. The van der Waals surface area contributed by atoms with Gasteiger partial charge in [0.1, 0.15) is 5.01 Å². The molecule has 4 aromatic rings. The van der Waals surface area contributed by atoms with Crippen LogP contribution in [0.3, 0.4) is 0 Å². The molecule has 29 heavy (non-hydrogen) atoms. The number of aromatic amines is 1. The van der Waals surface area contributed by atoms with Gasteiger partial charge in [-0.15, -0.1) is 11.3 Å². The standard InChI is InChI=1S/C23H21N5S/c1-2-4-20-17(3-1)28-22(29-20)19-11-15(5-8-26-19)18-12-16-13-25-14-23(21(16)27-18)6-9-24-10-7-23/h1-5,8,11-13,24,27H,6-7,9-10,14H2. The summed E-state index contributed by atoms with van der Waals surface area (Å²) in [6.45, 7) is 3.00. The lowest BCUT2D eigenvalue weighted by Gasteiger charge is -2.38. The molecule has 3 aromatic heterocycles. The molecule has 1 fully saturated rings. The summed E-state index contributed by atoms with van der Waals surface area (Å²) in [4.78, 5) is 17.8. The Morgan fingerprint density at radius 1 is 1.03 bits per heavy atom. The molecule has 2 N–H and O–H groups in total. The third-order valence-electron chi connectivity index (χ3n) is 6.15. The smallest absolute Gasteiger partial charge is 0.143 e. The Bertz CT molecular complexity index is 1200. The summed E-state index contributed by atoms with van der Waals surface area (Å²) < 4.78 is 1.19. The van der Waals surface area contributed by atoms with Gasteiger partial charge in [-0.05, 0) is 56.3 Å². The summed E-state index contributed by atoms with van der Waals surface area (Å²) in [5.41, 5.74) is 6.94. The first-order chi connectivity index (χ1) is 14.3. The number of benzene rings is 1. The molecule has 6 rings (SSSR count). The van der Waals surface area contributed by atoms with E-state index < -0.39 is 0 Å². The van der Waals surface area contributed by atoms with E-state index in [1.807, 2.05) is 18.5 Å². The van der Waals surface area contributed by atoms with Crippen molar-refractivity contribution in [1.82, 2.24) is 20.3 Å². The molecule has 0 unspecified atom stereocenters. The van der Waals surface area contributed by atoms with Gasteiger partial charge >= 0.3 is 0 Å². The summed E-state index contributed by atoms with van der Waals surface area (Å²) in [7, 11) is 0. The average Bonchev–Trinajstić information content (AvgIpc) is 3.40. The highest BCUT2D eigenvalue weighted by Gasteiger charge is 2.38.